The number of ether oxygens (including phenoxy) is 1. The lowest BCUT2D eigenvalue weighted by atomic mass is 10.1. The number of primary amides is 1. The van der Waals surface area contributed by atoms with Gasteiger partial charge in [0.15, 0.2) is 0 Å². The summed E-state index contributed by atoms with van der Waals surface area (Å²) in [5, 5.41) is 10.4. The summed E-state index contributed by atoms with van der Waals surface area (Å²) >= 11 is 6.06. The Morgan fingerprint density at radius 3 is 2.72 bits per heavy atom. The van der Waals surface area contributed by atoms with Crippen LogP contribution in [0.4, 0.5) is 15.3 Å². The first-order valence-electron chi connectivity index (χ1n) is 11.6. The predicted octanol–water partition coefficient (Wildman–Crippen LogP) is 2.75. The molecule has 0 unspecified atom stereocenters. The average molecular weight is 513 g/mol. The minimum atomic E-state index is -0.745. The molecule has 36 heavy (non-hydrogen) atoms. The molecule has 4 amide bonds. The molecule has 2 atom stereocenters. The average Bonchev–Trinajstić information content (AvgIpc) is 3.45. The van der Waals surface area contributed by atoms with Crippen molar-refractivity contribution in [1.82, 2.24) is 20.1 Å². The van der Waals surface area contributed by atoms with E-state index in [4.69, 9.17) is 22.1 Å². The van der Waals surface area contributed by atoms with Gasteiger partial charge < -0.3 is 31.3 Å². The third kappa shape index (κ3) is 5.62. The summed E-state index contributed by atoms with van der Waals surface area (Å²) in [4.78, 5) is 40.1. The molecule has 5 N–H and O–H groups in total. The number of likely N-dealkylation sites (tertiary alicyclic amines) is 1. The number of rotatable bonds is 8. The van der Waals surface area contributed by atoms with Gasteiger partial charge in [-0.3, -0.25) is 9.36 Å². The molecular formula is C25H29ClN6O4. The lowest BCUT2D eigenvalue weighted by Gasteiger charge is -2.28. The van der Waals surface area contributed by atoms with Crippen LogP contribution in [0.5, 0.6) is 0 Å². The van der Waals surface area contributed by atoms with Gasteiger partial charge in [0.1, 0.15) is 6.04 Å². The molecule has 190 valence electrons. The van der Waals surface area contributed by atoms with Gasteiger partial charge in [0.25, 0.3) is 0 Å². The zero-order chi connectivity index (χ0) is 25.7. The maximum Gasteiger partial charge on any atom is 0.323 e. The number of halogens is 1. The number of carbonyl (C=O) groups excluding carboxylic acids is 3. The van der Waals surface area contributed by atoms with Crippen molar-refractivity contribution in [3.63, 3.8) is 0 Å². The Morgan fingerprint density at radius 2 is 1.97 bits per heavy atom. The molecule has 1 aliphatic heterocycles. The molecule has 1 saturated heterocycles. The molecule has 2 heterocycles. The minimum Gasteiger partial charge on any atom is -0.383 e. The maximum atomic E-state index is 13.4. The van der Waals surface area contributed by atoms with Crippen LogP contribution in [-0.4, -0.2) is 66.3 Å². The van der Waals surface area contributed by atoms with Crippen LogP contribution in [0.3, 0.4) is 0 Å². The summed E-state index contributed by atoms with van der Waals surface area (Å²) in [6.45, 7) is 1.68. The molecular weight excluding hydrogens is 484 g/mol. The van der Waals surface area contributed by atoms with E-state index in [1.165, 1.54) is 15.7 Å². The zero-order valence-electron chi connectivity index (χ0n) is 19.9. The summed E-state index contributed by atoms with van der Waals surface area (Å²) in [7, 11) is 1.60. The summed E-state index contributed by atoms with van der Waals surface area (Å²) in [6, 6.07) is 12.3. The number of nitrogens with one attached hydrogen (secondary N) is 3. The Kier molecular flexibility index (Phi) is 8.09. The first kappa shape index (κ1) is 25.5. The van der Waals surface area contributed by atoms with Crippen molar-refractivity contribution in [3.8, 4) is 0 Å². The normalized spacial score (nSPS) is 17.3. The maximum absolute atomic E-state index is 13.4. The number of hydrogen-bond acceptors (Lipinski definition) is 5. The van der Waals surface area contributed by atoms with Crippen molar-refractivity contribution in [1.29, 1.82) is 0 Å². The molecule has 4 rings (SSSR count). The topological polar surface area (TPSA) is 131 Å². The van der Waals surface area contributed by atoms with Gasteiger partial charge in [0, 0.05) is 49.4 Å². The van der Waals surface area contributed by atoms with Crippen molar-refractivity contribution in [3.05, 3.63) is 65.3 Å². The molecule has 11 heteroatoms. The van der Waals surface area contributed by atoms with Gasteiger partial charge >= 0.3 is 12.1 Å². The number of para-hydroxylation sites is 1. The van der Waals surface area contributed by atoms with Crippen LogP contribution in [0.2, 0.25) is 5.02 Å². The molecule has 0 radical (unpaired) electrons. The van der Waals surface area contributed by atoms with E-state index in [1.807, 2.05) is 12.1 Å². The fourth-order valence-corrected chi connectivity index (χ4v) is 4.71. The summed E-state index contributed by atoms with van der Waals surface area (Å²) in [6.07, 6.45) is 2.08. The third-order valence-corrected chi connectivity index (χ3v) is 6.42. The monoisotopic (exact) mass is 512 g/mol. The standard InChI is InChI=1S/C25H29ClN6O4/c1-36-12-10-28-19-9-11-31(22(19)23(33)29-14-16-5-4-6-17(26)13-16)25(35)30-20-15-32(24(27)34)21-8-3-2-7-18(20)21/h2-8,13,15,19,22,28H,9-12,14H2,1H3,(H2,27,34)(H,29,33)(H,30,35)/t19-,22+/m1/s1. The number of hydrogen-bond donors (Lipinski definition) is 4. The number of nitrogens with zero attached hydrogens (tertiary/aromatic N) is 2. The molecule has 3 aromatic rings. The van der Waals surface area contributed by atoms with Gasteiger partial charge in [-0.1, -0.05) is 41.9 Å². The summed E-state index contributed by atoms with van der Waals surface area (Å²) in [5.41, 5.74) is 7.36. The van der Waals surface area contributed by atoms with Crippen molar-refractivity contribution in [2.45, 2.75) is 25.0 Å². The van der Waals surface area contributed by atoms with E-state index in [0.717, 1.165) is 5.56 Å². The second kappa shape index (κ2) is 11.4. The van der Waals surface area contributed by atoms with Crippen LogP contribution in [0.1, 0.15) is 12.0 Å². The number of aromatic nitrogens is 1. The van der Waals surface area contributed by atoms with Crippen LogP contribution < -0.4 is 21.7 Å². The van der Waals surface area contributed by atoms with Crippen molar-refractivity contribution in [2.24, 2.45) is 5.73 Å². The van der Waals surface area contributed by atoms with E-state index < -0.39 is 18.1 Å². The first-order chi connectivity index (χ1) is 17.4. The van der Waals surface area contributed by atoms with E-state index >= 15 is 0 Å². The molecule has 1 aliphatic rings. The van der Waals surface area contributed by atoms with Crippen LogP contribution in [0.15, 0.2) is 54.7 Å². The molecule has 0 spiro atoms. The highest BCUT2D eigenvalue weighted by atomic mass is 35.5. The number of nitrogens with two attached hydrogens (primary N) is 1. The van der Waals surface area contributed by atoms with E-state index in [0.29, 0.717) is 47.7 Å². The lowest BCUT2D eigenvalue weighted by Crippen LogP contribution is -2.54. The first-order valence-corrected chi connectivity index (χ1v) is 12.0. The molecule has 0 bridgehead atoms. The smallest absolute Gasteiger partial charge is 0.323 e. The van der Waals surface area contributed by atoms with Crippen molar-refractivity contribution in [2.75, 3.05) is 32.1 Å². The van der Waals surface area contributed by atoms with Gasteiger partial charge in [0.2, 0.25) is 5.91 Å². The Hall–Kier alpha value is -3.60. The van der Waals surface area contributed by atoms with Crippen molar-refractivity contribution >= 4 is 46.2 Å². The number of fused-ring (bicyclic) bond motifs is 1. The van der Waals surface area contributed by atoms with Crippen molar-refractivity contribution < 1.29 is 19.1 Å². The summed E-state index contributed by atoms with van der Waals surface area (Å²) < 4.78 is 6.40. The highest BCUT2D eigenvalue weighted by Gasteiger charge is 2.41. The Bertz CT molecular complexity index is 1260. The molecule has 0 aliphatic carbocycles. The Balaban J connectivity index is 1.53. The number of urea groups is 1. The van der Waals surface area contributed by atoms with Crippen LogP contribution in [0, 0.1) is 0 Å². The highest BCUT2D eigenvalue weighted by molar-refractivity contribution is 6.30. The quantitative estimate of drug-likeness (QED) is 0.345. The van der Waals surface area contributed by atoms with E-state index in [2.05, 4.69) is 16.0 Å². The third-order valence-electron chi connectivity index (χ3n) is 6.19. The number of methoxy groups -OCH3 is 1. The highest BCUT2D eigenvalue weighted by Crippen LogP contribution is 2.27. The lowest BCUT2D eigenvalue weighted by molar-refractivity contribution is -0.125. The number of benzene rings is 2. The molecule has 1 fully saturated rings. The second-order valence-electron chi connectivity index (χ2n) is 8.53. The predicted molar refractivity (Wildman–Crippen MR) is 138 cm³/mol. The van der Waals surface area contributed by atoms with Crippen LogP contribution in [0.25, 0.3) is 10.9 Å². The van der Waals surface area contributed by atoms with E-state index in [9.17, 15) is 14.4 Å². The summed E-state index contributed by atoms with van der Waals surface area (Å²) in [5.74, 6) is -0.280. The SMILES string of the molecule is COCCN[C@@H]1CCN(C(=O)Nc2cn(C(N)=O)c3ccccc23)[C@@H]1C(=O)NCc1cccc(Cl)c1. The van der Waals surface area contributed by atoms with Gasteiger partial charge in [-0.2, -0.15) is 0 Å². The van der Waals surface area contributed by atoms with Gasteiger partial charge in [0.05, 0.1) is 17.8 Å². The largest absolute Gasteiger partial charge is 0.383 e. The van der Waals surface area contributed by atoms with E-state index in [-0.39, 0.29) is 18.5 Å². The van der Waals surface area contributed by atoms with Gasteiger partial charge in [-0.15, -0.1) is 0 Å². The van der Waals surface area contributed by atoms with Gasteiger partial charge in [-0.05, 0) is 30.2 Å². The molecule has 10 nitrogen and oxygen atoms in total. The Labute approximate surface area is 213 Å². The fraction of sp³-hybridized carbons (Fsp3) is 0.320. The second-order valence-corrected chi connectivity index (χ2v) is 8.96. The number of amides is 4. The zero-order valence-corrected chi connectivity index (χ0v) is 20.6. The van der Waals surface area contributed by atoms with Crippen LogP contribution >= 0.6 is 11.6 Å². The van der Waals surface area contributed by atoms with E-state index in [1.54, 1.807) is 43.5 Å². The number of anilines is 1. The molecule has 1 aromatic heterocycles. The van der Waals surface area contributed by atoms with Gasteiger partial charge in [-0.25, -0.2) is 9.59 Å². The van der Waals surface area contributed by atoms with Crippen LogP contribution in [-0.2, 0) is 16.1 Å². The Morgan fingerprint density at radius 1 is 1.17 bits per heavy atom. The molecule has 2 aromatic carbocycles. The fourth-order valence-electron chi connectivity index (χ4n) is 4.49. The minimum absolute atomic E-state index is 0.253. The molecule has 0 saturated carbocycles. The number of carbonyl (C=O) groups is 3.